The van der Waals surface area contributed by atoms with Crippen LogP contribution in [0.5, 0.6) is 0 Å². The average Bonchev–Trinajstić information content (AvgIpc) is 2.75. The Bertz CT molecular complexity index is 282. The maximum Gasteiger partial charge on any atom is 0.319 e. The first-order chi connectivity index (χ1) is 7.22. The van der Waals surface area contributed by atoms with E-state index in [1.54, 1.807) is 6.26 Å². The summed E-state index contributed by atoms with van der Waals surface area (Å²) in [4.78, 5) is 10.8. The van der Waals surface area contributed by atoms with E-state index in [9.17, 15) is 4.79 Å². The zero-order valence-electron chi connectivity index (χ0n) is 9.16. The molecule has 15 heavy (non-hydrogen) atoms. The van der Waals surface area contributed by atoms with Crippen molar-refractivity contribution in [3.63, 3.8) is 0 Å². The number of esters is 1. The summed E-state index contributed by atoms with van der Waals surface area (Å²) in [5.41, 5.74) is 0. The molecule has 0 amide bonds. The lowest BCUT2D eigenvalue weighted by molar-refractivity contribution is -0.139. The van der Waals surface area contributed by atoms with Gasteiger partial charge in [-0.15, -0.1) is 0 Å². The number of hydrogen-bond donors (Lipinski definition) is 1. The van der Waals surface area contributed by atoms with Crippen molar-refractivity contribution in [3.05, 3.63) is 24.2 Å². The van der Waals surface area contributed by atoms with Crippen molar-refractivity contribution < 1.29 is 13.9 Å². The Hall–Kier alpha value is -1.29. The molecule has 1 aromatic heterocycles. The molecule has 0 radical (unpaired) electrons. The van der Waals surface area contributed by atoms with Gasteiger partial charge in [0.15, 0.2) is 0 Å². The van der Waals surface area contributed by atoms with Crippen molar-refractivity contribution in [2.75, 3.05) is 13.7 Å². The molecule has 0 aliphatic rings. The van der Waals surface area contributed by atoms with Crippen LogP contribution in [-0.4, -0.2) is 25.7 Å². The van der Waals surface area contributed by atoms with Crippen molar-refractivity contribution in [2.45, 2.75) is 25.8 Å². The lowest BCUT2D eigenvalue weighted by Gasteiger charge is -2.11. The van der Waals surface area contributed by atoms with Crippen molar-refractivity contribution in [2.24, 2.45) is 0 Å². The lowest BCUT2D eigenvalue weighted by atomic mass is 10.1. The Kier molecular flexibility index (Phi) is 4.90. The molecule has 1 heterocycles. The molecule has 1 atom stereocenters. The largest absolute Gasteiger partial charge is 0.469 e. The summed E-state index contributed by atoms with van der Waals surface area (Å²) in [6.45, 7) is 2.29. The molecule has 0 bridgehead atoms. The molecule has 0 aliphatic heterocycles. The fraction of sp³-hybridized carbons (Fsp3) is 0.545. The highest BCUT2D eigenvalue weighted by Crippen LogP contribution is 2.05. The predicted molar refractivity (Wildman–Crippen MR) is 56.5 cm³/mol. The molecule has 0 spiro atoms. The minimum atomic E-state index is -0.236. The number of aryl methyl sites for hydroxylation is 1. The summed E-state index contributed by atoms with van der Waals surface area (Å²) >= 11 is 0. The second-order valence-electron chi connectivity index (χ2n) is 3.48. The maximum absolute atomic E-state index is 10.8. The van der Waals surface area contributed by atoms with Crippen molar-refractivity contribution in [1.82, 2.24) is 5.32 Å². The molecule has 4 nitrogen and oxygen atoms in total. The molecule has 1 aromatic rings. The molecule has 0 saturated heterocycles. The fourth-order valence-corrected chi connectivity index (χ4v) is 1.25. The van der Waals surface area contributed by atoms with Gasteiger partial charge in [-0.2, -0.15) is 0 Å². The van der Waals surface area contributed by atoms with Crippen molar-refractivity contribution in [3.8, 4) is 0 Å². The zero-order chi connectivity index (χ0) is 11.1. The molecule has 0 aromatic carbocycles. The minimum Gasteiger partial charge on any atom is -0.469 e. The highest BCUT2D eigenvalue weighted by molar-refractivity contribution is 5.71. The van der Waals surface area contributed by atoms with Crippen LogP contribution in [0.1, 0.15) is 19.1 Å². The summed E-state index contributed by atoms with van der Waals surface area (Å²) in [7, 11) is 1.39. The van der Waals surface area contributed by atoms with E-state index in [-0.39, 0.29) is 18.6 Å². The first-order valence-corrected chi connectivity index (χ1v) is 5.05. The molecule has 0 saturated carbocycles. The van der Waals surface area contributed by atoms with Crippen LogP contribution >= 0.6 is 0 Å². The monoisotopic (exact) mass is 211 g/mol. The molecular weight excluding hydrogens is 194 g/mol. The third-order valence-corrected chi connectivity index (χ3v) is 2.23. The Morgan fingerprint density at radius 1 is 1.67 bits per heavy atom. The van der Waals surface area contributed by atoms with Crippen LogP contribution in [-0.2, 0) is 16.0 Å². The van der Waals surface area contributed by atoms with Gasteiger partial charge in [0.25, 0.3) is 0 Å². The minimum absolute atomic E-state index is 0.236. The molecule has 0 fully saturated rings. The topological polar surface area (TPSA) is 51.5 Å². The summed E-state index contributed by atoms with van der Waals surface area (Å²) in [6, 6.07) is 4.10. The summed E-state index contributed by atoms with van der Waals surface area (Å²) in [5.74, 6) is 0.738. The van der Waals surface area contributed by atoms with E-state index in [0.717, 1.165) is 18.6 Å². The van der Waals surface area contributed by atoms with Gasteiger partial charge in [0, 0.05) is 12.5 Å². The normalized spacial score (nSPS) is 12.4. The van der Waals surface area contributed by atoms with Crippen LogP contribution in [0.4, 0.5) is 0 Å². The van der Waals surface area contributed by atoms with E-state index in [1.807, 2.05) is 19.1 Å². The predicted octanol–water partition coefficient (Wildman–Crippen LogP) is 1.36. The van der Waals surface area contributed by atoms with Crippen molar-refractivity contribution >= 4 is 5.97 Å². The number of rotatable bonds is 6. The van der Waals surface area contributed by atoms with Crippen LogP contribution in [0.2, 0.25) is 0 Å². The Labute approximate surface area is 89.6 Å². The highest BCUT2D eigenvalue weighted by atomic mass is 16.5. The SMILES string of the molecule is COC(=O)CNC(C)CCc1ccco1. The smallest absolute Gasteiger partial charge is 0.319 e. The molecular formula is C11H17NO3. The van der Waals surface area contributed by atoms with Gasteiger partial charge in [-0.05, 0) is 25.5 Å². The maximum atomic E-state index is 10.8. The van der Waals surface area contributed by atoms with Gasteiger partial charge < -0.3 is 14.5 Å². The first-order valence-electron chi connectivity index (χ1n) is 5.05. The summed E-state index contributed by atoms with van der Waals surface area (Å²) in [5, 5.41) is 3.08. The van der Waals surface area contributed by atoms with E-state index in [2.05, 4.69) is 10.1 Å². The fourth-order valence-electron chi connectivity index (χ4n) is 1.25. The first kappa shape index (κ1) is 11.8. The second-order valence-corrected chi connectivity index (χ2v) is 3.48. The third kappa shape index (κ3) is 4.65. The molecule has 1 N–H and O–H groups in total. The van der Waals surface area contributed by atoms with E-state index in [1.165, 1.54) is 7.11 Å². The number of carbonyl (C=O) groups is 1. The van der Waals surface area contributed by atoms with Gasteiger partial charge in [0.1, 0.15) is 5.76 Å². The van der Waals surface area contributed by atoms with Crippen LogP contribution < -0.4 is 5.32 Å². The van der Waals surface area contributed by atoms with E-state index in [4.69, 9.17) is 4.42 Å². The van der Waals surface area contributed by atoms with E-state index < -0.39 is 0 Å². The standard InChI is InChI=1S/C11H17NO3/c1-9(12-8-11(13)14-2)5-6-10-4-3-7-15-10/h3-4,7,9,12H,5-6,8H2,1-2H3. The van der Waals surface area contributed by atoms with Crippen LogP contribution in [0.3, 0.4) is 0 Å². The number of furan rings is 1. The third-order valence-electron chi connectivity index (χ3n) is 2.23. The van der Waals surface area contributed by atoms with Gasteiger partial charge in [0.2, 0.25) is 0 Å². The number of methoxy groups -OCH3 is 1. The van der Waals surface area contributed by atoms with E-state index >= 15 is 0 Å². The van der Waals surface area contributed by atoms with Crippen molar-refractivity contribution in [1.29, 1.82) is 0 Å². The number of nitrogens with one attached hydrogen (secondary N) is 1. The summed E-state index contributed by atoms with van der Waals surface area (Å²) < 4.78 is 9.74. The molecule has 84 valence electrons. The lowest BCUT2D eigenvalue weighted by Crippen LogP contribution is -2.32. The average molecular weight is 211 g/mol. The van der Waals surface area contributed by atoms with Gasteiger partial charge in [-0.1, -0.05) is 0 Å². The number of hydrogen-bond acceptors (Lipinski definition) is 4. The Morgan fingerprint density at radius 2 is 2.47 bits per heavy atom. The summed E-state index contributed by atoms with van der Waals surface area (Å²) in [6.07, 6.45) is 3.48. The number of ether oxygens (including phenoxy) is 1. The second kappa shape index (κ2) is 6.24. The van der Waals surface area contributed by atoms with Gasteiger partial charge in [-0.25, -0.2) is 0 Å². The van der Waals surface area contributed by atoms with Crippen LogP contribution in [0.15, 0.2) is 22.8 Å². The molecule has 1 unspecified atom stereocenters. The Balaban J connectivity index is 2.13. The van der Waals surface area contributed by atoms with Gasteiger partial charge in [-0.3, -0.25) is 4.79 Å². The van der Waals surface area contributed by atoms with Gasteiger partial charge in [0.05, 0.1) is 19.9 Å². The van der Waals surface area contributed by atoms with Crippen LogP contribution in [0.25, 0.3) is 0 Å². The highest BCUT2D eigenvalue weighted by Gasteiger charge is 2.06. The van der Waals surface area contributed by atoms with Crippen LogP contribution in [0, 0.1) is 0 Å². The number of carbonyl (C=O) groups excluding carboxylic acids is 1. The van der Waals surface area contributed by atoms with E-state index in [0.29, 0.717) is 0 Å². The van der Waals surface area contributed by atoms with Gasteiger partial charge >= 0.3 is 5.97 Å². The molecule has 4 heteroatoms. The molecule has 0 aliphatic carbocycles. The quantitative estimate of drug-likeness (QED) is 0.722. The molecule has 1 rings (SSSR count). The Morgan fingerprint density at radius 3 is 3.07 bits per heavy atom. The zero-order valence-corrected chi connectivity index (χ0v) is 9.16.